The third-order valence-corrected chi connectivity index (χ3v) is 2.27. The summed E-state index contributed by atoms with van der Waals surface area (Å²) in [5, 5.41) is 18.7. The van der Waals surface area contributed by atoms with Gasteiger partial charge in [0.25, 0.3) is 0 Å². The van der Waals surface area contributed by atoms with Gasteiger partial charge in [-0.2, -0.15) is 10.2 Å². The number of alkyl carbamates (subject to hydrolysis) is 1. The van der Waals surface area contributed by atoms with Crippen LogP contribution in [0, 0.1) is 0 Å². The number of carbonyl (C=O) groups excluding carboxylic acids is 1. The molecule has 0 spiro atoms. The van der Waals surface area contributed by atoms with Crippen molar-refractivity contribution in [3.05, 3.63) is 12.7 Å². The highest BCUT2D eigenvalue weighted by atomic mass is 16.5. The lowest BCUT2D eigenvalue weighted by atomic mass is 10.1. The number of nitrogens with zero attached hydrogens (tertiary/aromatic N) is 2. The average Bonchev–Trinajstić information content (AvgIpc) is 2.99. The van der Waals surface area contributed by atoms with E-state index in [2.05, 4.69) is 26.9 Å². The number of rotatable bonds is 7. The van der Waals surface area contributed by atoms with Crippen LogP contribution in [0.15, 0.2) is 22.9 Å². The van der Waals surface area contributed by atoms with E-state index in [-0.39, 0.29) is 13.0 Å². The largest absolute Gasteiger partial charge is 0.480 e. The van der Waals surface area contributed by atoms with Crippen molar-refractivity contribution in [3.63, 3.8) is 0 Å². The van der Waals surface area contributed by atoms with Gasteiger partial charge >= 0.3 is 12.1 Å². The molecule has 17 heavy (non-hydrogen) atoms. The van der Waals surface area contributed by atoms with E-state index in [9.17, 15) is 9.59 Å². The van der Waals surface area contributed by atoms with Crippen LogP contribution < -0.4 is 5.32 Å². The Morgan fingerprint density at radius 3 is 2.71 bits per heavy atom. The Kier molecular flexibility index (Phi) is 4.19. The van der Waals surface area contributed by atoms with E-state index >= 15 is 0 Å². The predicted molar refractivity (Wildman–Crippen MR) is 58.6 cm³/mol. The highest BCUT2D eigenvalue weighted by Crippen LogP contribution is 2.32. The first-order valence-corrected chi connectivity index (χ1v) is 5.18. The lowest BCUT2D eigenvalue weighted by molar-refractivity contribution is -0.139. The molecule has 0 bridgehead atoms. The highest BCUT2D eigenvalue weighted by Gasteiger charge is 2.35. The molecule has 94 valence electrons. The van der Waals surface area contributed by atoms with Crippen LogP contribution in [-0.2, 0) is 9.53 Å². The summed E-state index contributed by atoms with van der Waals surface area (Å²) in [6, 6.07) is -0.991. The van der Waals surface area contributed by atoms with Gasteiger partial charge < -0.3 is 15.2 Å². The summed E-state index contributed by atoms with van der Waals surface area (Å²) in [7, 11) is 0. The average molecular weight is 241 g/mol. The first kappa shape index (κ1) is 13.1. The summed E-state index contributed by atoms with van der Waals surface area (Å²) in [6.45, 7) is 5.21. The number of hydrogen-bond acceptors (Lipinski definition) is 5. The molecule has 0 fully saturated rings. The number of aliphatic carboxylic acids is 1. The second-order valence-electron chi connectivity index (χ2n) is 3.88. The Morgan fingerprint density at radius 2 is 2.24 bits per heavy atom. The molecule has 1 aliphatic heterocycles. The van der Waals surface area contributed by atoms with Crippen LogP contribution in [0.4, 0.5) is 4.79 Å². The number of hydrogen-bond donors (Lipinski definition) is 2. The zero-order chi connectivity index (χ0) is 12.9. The monoisotopic (exact) mass is 241 g/mol. The normalized spacial score (nSPS) is 17.0. The third-order valence-electron chi connectivity index (χ3n) is 2.27. The molecule has 0 aromatic rings. The fourth-order valence-electron chi connectivity index (χ4n) is 1.18. The Balaban J connectivity index is 2.34. The molecule has 0 aliphatic carbocycles. The van der Waals surface area contributed by atoms with Crippen LogP contribution in [0.2, 0.25) is 0 Å². The number of carbonyl (C=O) groups is 2. The zero-order valence-electron chi connectivity index (χ0n) is 9.55. The van der Waals surface area contributed by atoms with Crippen molar-refractivity contribution in [1.82, 2.24) is 5.32 Å². The summed E-state index contributed by atoms with van der Waals surface area (Å²) in [5.74, 6) is -1.11. The zero-order valence-corrected chi connectivity index (χ0v) is 9.55. The maximum Gasteiger partial charge on any atom is 0.408 e. The van der Waals surface area contributed by atoms with Crippen LogP contribution >= 0.6 is 0 Å². The number of ether oxygens (including phenoxy) is 1. The minimum absolute atomic E-state index is 0.0422. The first-order chi connectivity index (χ1) is 7.97. The fraction of sp³-hybridized carbons (Fsp3) is 0.600. The van der Waals surface area contributed by atoms with Crippen molar-refractivity contribution >= 4 is 12.1 Å². The molecule has 1 heterocycles. The van der Waals surface area contributed by atoms with E-state index < -0.39 is 23.8 Å². The summed E-state index contributed by atoms with van der Waals surface area (Å²) in [6.07, 6.45) is 1.36. The van der Waals surface area contributed by atoms with Gasteiger partial charge in [-0.05, 0) is 19.8 Å². The quantitative estimate of drug-likeness (QED) is 0.656. The summed E-state index contributed by atoms with van der Waals surface area (Å²) < 4.78 is 4.64. The molecule has 0 aromatic heterocycles. The van der Waals surface area contributed by atoms with Crippen LogP contribution in [0.3, 0.4) is 0 Å². The SMILES string of the molecule is C=CCOC(=O)NC(CCC1(C)N=N1)C(=O)O. The van der Waals surface area contributed by atoms with E-state index in [1.54, 1.807) is 6.92 Å². The summed E-state index contributed by atoms with van der Waals surface area (Å²) in [4.78, 5) is 22.1. The van der Waals surface area contributed by atoms with E-state index in [1.807, 2.05) is 0 Å². The van der Waals surface area contributed by atoms with E-state index in [0.717, 1.165) is 0 Å². The fourth-order valence-corrected chi connectivity index (χ4v) is 1.18. The van der Waals surface area contributed by atoms with E-state index in [4.69, 9.17) is 5.11 Å². The van der Waals surface area contributed by atoms with Crippen molar-refractivity contribution in [3.8, 4) is 0 Å². The van der Waals surface area contributed by atoms with Crippen LogP contribution in [0.25, 0.3) is 0 Å². The van der Waals surface area contributed by atoms with Crippen LogP contribution in [0.1, 0.15) is 19.8 Å². The smallest absolute Gasteiger partial charge is 0.408 e. The molecule has 7 nitrogen and oxygen atoms in total. The maximum absolute atomic E-state index is 11.2. The predicted octanol–water partition coefficient (Wildman–Crippen LogP) is 1.31. The Bertz CT molecular complexity index is 347. The number of amides is 1. The van der Waals surface area contributed by atoms with Gasteiger partial charge in [0.1, 0.15) is 12.6 Å². The van der Waals surface area contributed by atoms with Gasteiger partial charge in [-0.15, -0.1) is 0 Å². The molecule has 7 heteroatoms. The molecular formula is C10H15N3O4. The van der Waals surface area contributed by atoms with Gasteiger partial charge in [0.15, 0.2) is 5.66 Å². The molecule has 2 N–H and O–H groups in total. The third kappa shape index (κ3) is 4.62. The summed E-state index contributed by atoms with van der Waals surface area (Å²) >= 11 is 0. The van der Waals surface area contributed by atoms with Gasteiger partial charge in [-0.25, -0.2) is 9.59 Å². The molecule has 0 saturated heterocycles. The van der Waals surface area contributed by atoms with Crippen molar-refractivity contribution < 1.29 is 19.4 Å². The van der Waals surface area contributed by atoms with Crippen LogP contribution in [-0.4, -0.2) is 35.5 Å². The summed E-state index contributed by atoms with van der Waals surface area (Å²) in [5.41, 5.74) is -0.472. The standard InChI is InChI=1S/C10H15N3O4/c1-3-6-17-9(16)11-7(8(14)15)4-5-10(2)12-13-10/h3,7H,1,4-6H2,2H3,(H,11,16)(H,14,15). The molecular weight excluding hydrogens is 226 g/mol. The second kappa shape index (κ2) is 5.42. The van der Waals surface area contributed by atoms with Crippen molar-refractivity contribution in [2.45, 2.75) is 31.5 Å². The molecule has 0 saturated carbocycles. The first-order valence-electron chi connectivity index (χ1n) is 5.18. The minimum Gasteiger partial charge on any atom is -0.480 e. The maximum atomic E-state index is 11.2. The van der Waals surface area contributed by atoms with Gasteiger partial charge in [0.2, 0.25) is 0 Å². The van der Waals surface area contributed by atoms with E-state index in [1.165, 1.54) is 6.08 Å². The van der Waals surface area contributed by atoms with Crippen molar-refractivity contribution in [1.29, 1.82) is 0 Å². The molecule has 1 aliphatic rings. The van der Waals surface area contributed by atoms with Crippen LogP contribution in [0.5, 0.6) is 0 Å². The van der Waals surface area contributed by atoms with Crippen molar-refractivity contribution in [2.75, 3.05) is 6.61 Å². The van der Waals surface area contributed by atoms with Crippen molar-refractivity contribution in [2.24, 2.45) is 10.2 Å². The Hall–Kier alpha value is -1.92. The van der Waals surface area contributed by atoms with Gasteiger partial charge in [-0.3, -0.25) is 0 Å². The van der Waals surface area contributed by atoms with E-state index in [0.29, 0.717) is 6.42 Å². The Morgan fingerprint density at radius 1 is 1.59 bits per heavy atom. The number of nitrogens with one attached hydrogen (secondary N) is 1. The molecule has 0 aromatic carbocycles. The molecule has 1 atom stereocenters. The van der Waals surface area contributed by atoms with Gasteiger partial charge in [0, 0.05) is 0 Å². The molecule has 1 amide bonds. The lowest BCUT2D eigenvalue weighted by Crippen LogP contribution is -2.41. The molecule has 1 rings (SSSR count). The number of carboxylic acid groups (broad SMARTS) is 1. The second-order valence-corrected chi connectivity index (χ2v) is 3.88. The number of carboxylic acids is 1. The van der Waals surface area contributed by atoms with Gasteiger partial charge in [-0.1, -0.05) is 12.7 Å². The molecule has 0 radical (unpaired) electrons. The topological polar surface area (TPSA) is 100 Å². The van der Waals surface area contributed by atoms with Gasteiger partial charge in [0.05, 0.1) is 0 Å². The molecule has 1 unspecified atom stereocenters. The highest BCUT2D eigenvalue weighted by molar-refractivity contribution is 5.79. The lowest BCUT2D eigenvalue weighted by Gasteiger charge is -2.14. The Labute approximate surface area is 98.6 Å². The minimum atomic E-state index is -1.11.